The van der Waals surface area contributed by atoms with Gasteiger partial charge in [-0.3, -0.25) is 0 Å². The van der Waals surface area contributed by atoms with Crippen molar-refractivity contribution < 1.29 is 4.43 Å². The van der Waals surface area contributed by atoms with Crippen molar-refractivity contribution in [3.63, 3.8) is 0 Å². The molecule has 12 heavy (non-hydrogen) atoms. The molecule has 74 valence electrons. The molecule has 0 aliphatic rings. The van der Waals surface area contributed by atoms with Gasteiger partial charge < -0.3 is 4.43 Å². The van der Waals surface area contributed by atoms with Gasteiger partial charge in [0, 0.05) is 10.9 Å². The summed E-state index contributed by atoms with van der Waals surface area (Å²) in [7, 11) is -1.41. The zero-order valence-corrected chi connectivity index (χ0v) is 11.5. The quantitative estimate of drug-likeness (QED) is 0.535. The van der Waals surface area contributed by atoms with Crippen molar-refractivity contribution in [1.29, 1.82) is 0 Å². The summed E-state index contributed by atoms with van der Waals surface area (Å²) in [5.41, 5.74) is 0. The van der Waals surface area contributed by atoms with Gasteiger partial charge in [0.25, 0.3) is 0 Å². The molecule has 0 unspecified atom stereocenters. The van der Waals surface area contributed by atoms with E-state index in [-0.39, 0.29) is 4.32 Å². The average Bonchev–Trinajstić information content (AvgIpc) is 1.78. The minimum absolute atomic E-state index is 0.233. The molecule has 0 saturated heterocycles. The van der Waals surface area contributed by atoms with E-state index in [4.69, 9.17) is 4.43 Å². The van der Waals surface area contributed by atoms with Crippen LogP contribution in [-0.4, -0.2) is 19.2 Å². The first-order chi connectivity index (χ1) is 5.27. The van der Waals surface area contributed by atoms with E-state index >= 15 is 0 Å². The number of halogens is 1. The van der Waals surface area contributed by atoms with E-state index in [0.29, 0.717) is 0 Å². The predicted octanol–water partition coefficient (Wildman–Crippen LogP) is 3.79. The smallest absolute Gasteiger partial charge is 0.188 e. The maximum atomic E-state index is 5.86. The van der Waals surface area contributed by atoms with E-state index in [9.17, 15) is 0 Å². The Morgan fingerprint density at radius 1 is 1.33 bits per heavy atom. The van der Waals surface area contributed by atoms with Crippen LogP contribution in [-0.2, 0) is 4.43 Å². The second-order valence-corrected chi connectivity index (χ2v) is 10.8. The summed E-state index contributed by atoms with van der Waals surface area (Å²) in [6, 6.07) is 1.17. The summed E-state index contributed by atoms with van der Waals surface area (Å²) in [5.74, 6) is 0. The van der Waals surface area contributed by atoms with Crippen LogP contribution in [0.2, 0.25) is 19.1 Å². The molecular formula is C9H21BrOSi. The fourth-order valence-corrected chi connectivity index (χ4v) is 6.35. The summed E-state index contributed by atoms with van der Waals surface area (Å²) in [6.07, 6.45) is 1.12. The summed E-state index contributed by atoms with van der Waals surface area (Å²) in [5, 5.41) is 0. The Balaban J connectivity index is 3.86. The van der Waals surface area contributed by atoms with Crippen LogP contribution in [0.25, 0.3) is 0 Å². The second kappa shape index (κ2) is 4.77. The Morgan fingerprint density at radius 3 is 2.17 bits per heavy atom. The lowest BCUT2D eigenvalue weighted by molar-refractivity contribution is 0.304. The van der Waals surface area contributed by atoms with Crippen molar-refractivity contribution in [2.24, 2.45) is 0 Å². The molecule has 0 fully saturated rings. The Hall–Kier alpha value is 0.657. The zero-order valence-electron chi connectivity index (χ0n) is 8.91. The van der Waals surface area contributed by atoms with Crippen LogP contribution >= 0.6 is 15.9 Å². The molecule has 0 rings (SSSR count). The summed E-state index contributed by atoms with van der Waals surface area (Å²) >= 11 is 3.66. The lowest BCUT2D eigenvalue weighted by atomic mass is 10.3. The van der Waals surface area contributed by atoms with E-state index in [0.717, 1.165) is 13.0 Å². The Bertz CT molecular complexity index is 129. The molecule has 0 aliphatic heterocycles. The lowest BCUT2D eigenvalue weighted by Gasteiger charge is -2.29. The summed E-state index contributed by atoms with van der Waals surface area (Å²) in [4.78, 5) is 0. The molecular weight excluding hydrogens is 232 g/mol. The van der Waals surface area contributed by atoms with Gasteiger partial charge in [-0.1, -0.05) is 36.7 Å². The molecule has 0 N–H and O–H groups in total. The van der Waals surface area contributed by atoms with Crippen molar-refractivity contribution in [3.8, 4) is 0 Å². The third-order valence-electron chi connectivity index (χ3n) is 1.54. The fourth-order valence-electron chi connectivity index (χ4n) is 1.44. The van der Waals surface area contributed by atoms with Crippen molar-refractivity contribution in [2.45, 2.75) is 50.7 Å². The number of hydrogen-bond acceptors (Lipinski definition) is 1. The highest BCUT2D eigenvalue weighted by Gasteiger charge is 2.29. The highest BCUT2D eigenvalue weighted by Crippen LogP contribution is 2.28. The predicted molar refractivity (Wildman–Crippen MR) is 61.5 cm³/mol. The van der Waals surface area contributed by atoms with Crippen molar-refractivity contribution in [3.05, 3.63) is 0 Å². The van der Waals surface area contributed by atoms with Crippen LogP contribution in [0.4, 0.5) is 0 Å². The minimum Gasteiger partial charge on any atom is -0.417 e. The van der Waals surface area contributed by atoms with Gasteiger partial charge in [0.05, 0.1) is 0 Å². The van der Waals surface area contributed by atoms with Gasteiger partial charge in [-0.25, -0.2) is 0 Å². The third-order valence-corrected chi connectivity index (χ3v) is 5.06. The van der Waals surface area contributed by atoms with E-state index in [1.165, 1.54) is 6.04 Å². The van der Waals surface area contributed by atoms with Crippen molar-refractivity contribution in [1.82, 2.24) is 0 Å². The molecule has 0 atom stereocenters. The fraction of sp³-hybridized carbons (Fsp3) is 1.00. The van der Waals surface area contributed by atoms with Gasteiger partial charge in [0.1, 0.15) is 0 Å². The first-order valence-corrected chi connectivity index (χ1v) is 8.50. The molecule has 0 aromatic carbocycles. The highest BCUT2D eigenvalue weighted by atomic mass is 79.9. The van der Waals surface area contributed by atoms with Crippen molar-refractivity contribution >= 4 is 24.2 Å². The maximum Gasteiger partial charge on any atom is 0.188 e. The van der Waals surface area contributed by atoms with E-state index in [1.54, 1.807) is 0 Å². The Kier molecular flexibility index (Phi) is 5.03. The average molecular weight is 253 g/mol. The molecule has 0 aromatic rings. The molecule has 0 heterocycles. The largest absolute Gasteiger partial charge is 0.417 e. The molecule has 0 saturated carbocycles. The number of rotatable bonds is 5. The molecule has 0 aromatic heterocycles. The van der Waals surface area contributed by atoms with Gasteiger partial charge >= 0.3 is 0 Å². The molecule has 0 aliphatic carbocycles. The number of hydrogen-bond donors (Lipinski definition) is 0. The molecule has 3 heteroatoms. The van der Waals surface area contributed by atoms with Crippen LogP contribution in [0.3, 0.4) is 0 Å². The minimum atomic E-state index is -1.41. The molecule has 0 amide bonds. The van der Waals surface area contributed by atoms with Gasteiger partial charge in [-0.2, -0.15) is 0 Å². The monoisotopic (exact) mass is 252 g/mol. The first kappa shape index (κ1) is 12.7. The van der Waals surface area contributed by atoms with E-state index in [1.807, 2.05) is 0 Å². The Labute approximate surface area is 86.1 Å². The number of alkyl halides is 1. The highest BCUT2D eigenvalue weighted by molar-refractivity contribution is 9.10. The topological polar surface area (TPSA) is 9.23 Å². The van der Waals surface area contributed by atoms with Gasteiger partial charge in [0.15, 0.2) is 8.32 Å². The van der Waals surface area contributed by atoms with E-state index in [2.05, 4.69) is 49.8 Å². The molecule has 0 radical (unpaired) electrons. The van der Waals surface area contributed by atoms with Crippen LogP contribution < -0.4 is 0 Å². The summed E-state index contributed by atoms with van der Waals surface area (Å²) in [6.45, 7) is 12.1. The van der Waals surface area contributed by atoms with Crippen LogP contribution in [0, 0.1) is 0 Å². The van der Waals surface area contributed by atoms with Crippen LogP contribution in [0.1, 0.15) is 27.2 Å². The Morgan fingerprint density at radius 2 is 1.83 bits per heavy atom. The standard InChI is InChI=1S/C9H21BrOSi/c1-6-7-11-12(4,5)8-9(2,3)10/h6-8H2,1-5H3. The third kappa shape index (κ3) is 7.31. The maximum absolute atomic E-state index is 5.86. The normalized spacial score (nSPS) is 13.5. The molecule has 0 spiro atoms. The van der Waals surface area contributed by atoms with Gasteiger partial charge in [0.2, 0.25) is 0 Å². The van der Waals surface area contributed by atoms with E-state index < -0.39 is 8.32 Å². The molecule has 1 nitrogen and oxygen atoms in total. The first-order valence-electron chi connectivity index (χ1n) is 4.60. The van der Waals surface area contributed by atoms with Crippen LogP contribution in [0.5, 0.6) is 0 Å². The van der Waals surface area contributed by atoms with Gasteiger partial charge in [-0.15, -0.1) is 0 Å². The molecule has 0 bridgehead atoms. The zero-order chi connectivity index (χ0) is 9.83. The second-order valence-electron chi connectivity index (χ2n) is 4.50. The van der Waals surface area contributed by atoms with Crippen molar-refractivity contribution in [2.75, 3.05) is 6.61 Å². The van der Waals surface area contributed by atoms with Gasteiger partial charge in [-0.05, 0) is 25.6 Å². The summed E-state index contributed by atoms with van der Waals surface area (Å²) < 4.78 is 6.10. The SMILES string of the molecule is CCCO[Si](C)(C)CC(C)(C)Br. The lowest BCUT2D eigenvalue weighted by Crippen LogP contribution is -2.36. The van der Waals surface area contributed by atoms with Crippen LogP contribution in [0.15, 0.2) is 0 Å².